The monoisotopic (exact) mass is 249 g/mol. The van der Waals surface area contributed by atoms with Gasteiger partial charge < -0.3 is 0 Å². The van der Waals surface area contributed by atoms with Crippen LogP contribution in [0.25, 0.3) is 0 Å². The van der Waals surface area contributed by atoms with Crippen molar-refractivity contribution >= 4 is 32.6 Å². The Morgan fingerprint density at radius 3 is 2.00 bits per heavy atom. The highest BCUT2D eigenvalue weighted by Gasteiger charge is 2.02. The molecule has 0 aliphatic heterocycles. The van der Waals surface area contributed by atoms with Crippen molar-refractivity contribution < 1.29 is 8.42 Å². The predicted molar refractivity (Wildman–Crippen MR) is 41.5 cm³/mol. The highest BCUT2D eigenvalue weighted by Crippen LogP contribution is 1.93. The van der Waals surface area contributed by atoms with Crippen molar-refractivity contribution in [3.63, 3.8) is 0 Å². The SMILES string of the molecule is C[C@@H](I)NS(C)(=O)=O. The first kappa shape index (κ1) is 8.64. The third-order valence-corrected chi connectivity index (χ3v) is 1.89. The summed E-state index contributed by atoms with van der Waals surface area (Å²) in [6.07, 6.45) is 1.14. The van der Waals surface area contributed by atoms with Crippen LogP contribution < -0.4 is 4.72 Å². The van der Waals surface area contributed by atoms with Gasteiger partial charge in [0, 0.05) is 0 Å². The topological polar surface area (TPSA) is 46.2 Å². The maximum absolute atomic E-state index is 10.3. The molecule has 1 atom stereocenters. The summed E-state index contributed by atoms with van der Waals surface area (Å²) in [5, 5.41) is 0. The third-order valence-electron chi connectivity index (χ3n) is 0.376. The van der Waals surface area contributed by atoms with E-state index in [1.807, 2.05) is 22.6 Å². The summed E-state index contributed by atoms with van der Waals surface area (Å²) < 4.78 is 23.0. The lowest BCUT2D eigenvalue weighted by molar-refractivity contribution is 0.589. The van der Waals surface area contributed by atoms with Gasteiger partial charge in [-0.15, -0.1) is 0 Å². The fraction of sp³-hybridized carbons (Fsp3) is 1.00. The van der Waals surface area contributed by atoms with Crippen LogP contribution in [0, 0.1) is 0 Å². The molecule has 0 bridgehead atoms. The van der Waals surface area contributed by atoms with E-state index in [9.17, 15) is 8.42 Å². The summed E-state index contributed by atoms with van der Waals surface area (Å²) in [7, 11) is -2.98. The van der Waals surface area contributed by atoms with Crippen LogP contribution in [0.15, 0.2) is 0 Å². The Morgan fingerprint density at radius 1 is 1.62 bits per heavy atom. The van der Waals surface area contributed by atoms with E-state index in [4.69, 9.17) is 0 Å². The molecule has 0 saturated carbocycles. The lowest BCUT2D eigenvalue weighted by Gasteiger charge is -2.00. The summed E-state index contributed by atoms with van der Waals surface area (Å²) in [4.78, 5) is 0. The van der Waals surface area contributed by atoms with Gasteiger partial charge in [-0.1, -0.05) is 22.6 Å². The fourth-order valence-corrected chi connectivity index (χ4v) is 2.27. The third kappa shape index (κ3) is 6.64. The van der Waals surface area contributed by atoms with Crippen LogP contribution in [-0.2, 0) is 10.0 Å². The Labute approximate surface area is 63.0 Å². The van der Waals surface area contributed by atoms with E-state index in [-0.39, 0.29) is 4.05 Å². The Hall–Kier alpha value is 0.640. The molecule has 0 unspecified atom stereocenters. The zero-order valence-corrected chi connectivity index (χ0v) is 7.65. The Balaban J connectivity index is 3.75. The van der Waals surface area contributed by atoms with Gasteiger partial charge in [0.05, 0.1) is 10.3 Å². The van der Waals surface area contributed by atoms with E-state index in [0.29, 0.717) is 0 Å². The second-order valence-electron chi connectivity index (χ2n) is 1.51. The van der Waals surface area contributed by atoms with E-state index in [0.717, 1.165) is 6.26 Å². The molecule has 0 spiro atoms. The van der Waals surface area contributed by atoms with Crippen molar-refractivity contribution in [3.05, 3.63) is 0 Å². The van der Waals surface area contributed by atoms with E-state index in [1.165, 1.54) is 0 Å². The molecule has 0 amide bonds. The van der Waals surface area contributed by atoms with Crippen LogP contribution in [-0.4, -0.2) is 18.7 Å². The molecule has 5 heteroatoms. The second kappa shape index (κ2) is 2.98. The Morgan fingerprint density at radius 2 is 2.00 bits per heavy atom. The van der Waals surface area contributed by atoms with E-state index >= 15 is 0 Å². The smallest absolute Gasteiger partial charge is 0.209 e. The molecule has 0 aliphatic rings. The Kier molecular flexibility index (Phi) is 3.21. The molecule has 0 rings (SSSR count). The van der Waals surface area contributed by atoms with Gasteiger partial charge in [0.1, 0.15) is 0 Å². The summed E-state index contributed by atoms with van der Waals surface area (Å²) in [6.45, 7) is 1.77. The molecule has 0 aromatic carbocycles. The van der Waals surface area contributed by atoms with Crippen molar-refractivity contribution in [2.45, 2.75) is 11.0 Å². The van der Waals surface area contributed by atoms with Crippen molar-refractivity contribution in [1.29, 1.82) is 0 Å². The lowest BCUT2D eigenvalue weighted by atomic mass is 10.8. The van der Waals surface area contributed by atoms with Gasteiger partial charge in [-0.3, -0.25) is 0 Å². The molecular formula is C3H8INO2S. The van der Waals surface area contributed by atoms with Gasteiger partial charge in [-0.2, -0.15) is 0 Å². The molecule has 8 heavy (non-hydrogen) atoms. The van der Waals surface area contributed by atoms with E-state index in [2.05, 4.69) is 4.72 Å². The largest absolute Gasteiger partial charge is 0.213 e. The molecule has 0 aromatic rings. The molecule has 3 nitrogen and oxygen atoms in total. The maximum Gasteiger partial charge on any atom is 0.209 e. The zero-order valence-electron chi connectivity index (χ0n) is 4.68. The number of halogens is 1. The van der Waals surface area contributed by atoms with Gasteiger partial charge in [0.2, 0.25) is 10.0 Å². The number of sulfonamides is 1. The van der Waals surface area contributed by atoms with Crippen LogP contribution in [0.3, 0.4) is 0 Å². The minimum absolute atomic E-state index is 0.0254. The summed E-state index contributed by atoms with van der Waals surface area (Å²) >= 11 is 1.98. The minimum atomic E-state index is -2.98. The van der Waals surface area contributed by atoms with Crippen molar-refractivity contribution in [1.82, 2.24) is 4.72 Å². The van der Waals surface area contributed by atoms with Crippen LogP contribution in [0.2, 0.25) is 0 Å². The number of rotatable bonds is 2. The molecule has 0 aromatic heterocycles. The summed E-state index contributed by atoms with van der Waals surface area (Å²) in [6, 6.07) is 0. The molecule has 50 valence electrons. The van der Waals surface area contributed by atoms with Gasteiger partial charge in [0.15, 0.2) is 0 Å². The first-order chi connectivity index (χ1) is 3.42. The maximum atomic E-state index is 10.3. The van der Waals surface area contributed by atoms with Crippen LogP contribution in [0.5, 0.6) is 0 Å². The average Bonchev–Trinajstić information content (AvgIpc) is 1.21. The number of alkyl halides is 1. The van der Waals surface area contributed by atoms with E-state index in [1.54, 1.807) is 6.92 Å². The van der Waals surface area contributed by atoms with Gasteiger partial charge in [0.25, 0.3) is 0 Å². The lowest BCUT2D eigenvalue weighted by Crippen LogP contribution is -2.26. The highest BCUT2D eigenvalue weighted by molar-refractivity contribution is 14.1. The first-order valence-electron chi connectivity index (χ1n) is 2.03. The zero-order chi connectivity index (χ0) is 6.78. The van der Waals surface area contributed by atoms with Gasteiger partial charge in [-0.25, -0.2) is 13.1 Å². The van der Waals surface area contributed by atoms with Crippen LogP contribution in [0.4, 0.5) is 0 Å². The predicted octanol–water partition coefficient (Wildman–Crippen LogP) is 0.317. The second-order valence-corrected chi connectivity index (χ2v) is 5.15. The number of hydrogen-bond acceptors (Lipinski definition) is 2. The molecule has 0 radical (unpaired) electrons. The van der Waals surface area contributed by atoms with Crippen molar-refractivity contribution in [3.8, 4) is 0 Å². The normalized spacial score (nSPS) is 15.9. The Bertz CT molecular complexity index is 151. The van der Waals surface area contributed by atoms with Crippen molar-refractivity contribution in [2.75, 3.05) is 6.26 Å². The van der Waals surface area contributed by atoms with Crippen molar-refractivity contribution in [2.24, 2.45) is 0 Å². The molecule has 0 saturated heterocycles. The fourth-order valence-electron chi connectivity index (χ4n) is 0.295. The molecule has 0 fully saturated rings. The average molecular weight is 249 g/mol. The highest BCUT2D eigenvalue weighted by atomic mass is 127. The minimum Gasteiger partial charge on any atom is -0.213 e. The molecular weight excluding hydrogens is 241 g/mol. The molecule has 1 N–H and O–H groups in total. The first-order valence-corrected chi connectivity index (χ1v) is 5.17. The van der Waals surface area contributed by atoms with Crippen LogP contribution in [0.1, 0.15) is 6.92 Å². The molecule has 0 aliphatic carbocycles. The van der Waals surface area contributed by atoms with Gasteiger partial charge >= 0.3 is 0 Å². The standard InChI is InChI=1S/C3H8INO2S/c1-3(4)5-8(2,6)7/h3,5H,1-2H3/t3-/m0/s1. The van der Waals surface area contributed by atoms with E-state index < -0.39 is 10.0 Å². The van der Waals surface area contributed by atoms with Crippen LogP contribution >= 0.6 is 22.6 Å². The number of nitrogens with one attached hydrogen (secondary N) is 1. The summed E-state index contributed by atoms with van der Waals surface area (Å²) in [5.74, 6) is 0. The molecule has 0 heterocycles. The summed E-state index contributed by atoms with van der Waals surface area (Å²) in [5.41, 5.74) is 0. The van der Waals surface area contributed by atoms with Gasteiger partial charge in [-0.05, 0) is 6.92 Å². The quantitative estimate of drug-likeness (QED) is 0.435. The number of hydrogen-bond donors (Lipinski definition) is 1.